The average molecular weight is 314 g/mol. The molecule has 1 aromatic heterocycles. The average Bonchev–Trinajstić information content (AvgIpc) is 2.97. The van der Waals surface area contributed by atoms with Crippen molar-refractivity contribution in [2.45, 2.75) is 6.18 Å². The van der Waals surface area contributed by atoms with Crippen molar-refractivity contribution in [3.8, 4) is 17.1 Å². The predicted molar refractivity (Wildman–Crippen MR) is 71.0 cm³/mol. The summed E-state index contributed by atoms with van der Waals surface area (Å²) in [5.41, 5.74) is 0.561. The van der Waals surface area contributed by atoms with Crippen molar-refractivity contribution >= 4 is 5.91 Å². The zero-order valence-electron chi connectivity index (χ0n) is 11.6. The Hall–Kier alpha value is -2.58. The van der Waals surface area contributed by atoms with Gasteiger partial charge in [0.2, 0.25) is 0 Å². The van der Waals surface area contributed by atoms with E-state index in [1.807, 2.05) is 0 Å². The van der Waals surface area contributed by atoms with Crippen molar-refractivity contribution in [2.75, 3.05) is 20.2 Å². The minimum atomic E-state index is -4.44. The van der Waals surface area contributed by atoms with Gasteiger partial charge in [-0.2, -0.15) is 18.3 Å². The molecular formula is C13H13F3N4O2. The molecule has 0 aliphatic rings. The van der Waals surface area contributed by atoms with E-state index < -0.39 is 25.2 Å². The Morgan fingerprint density at radius 2 is 2.09 bits per heavy atom. The minimum Gasteiger partial charge on any atom is -0.483 e. The topological polar surface area (TPSA) is 71.1 Å². The number of aromatic nitrogens is 3. The molecular weight excluding hydrogens is 301 g/mol. The second-order valence-corrected chi connectivity index (χ2v) is 4.48. The first-order valence-electron chi connectivity index (χ1n) is 6.25. The van der Waals surface area contributed by atoms with Crippen LogP contribution in [-0.4, -0.2) is 52.4 Å². The molecule has 1 N–H and O–H groups in total. The molecule has 1 aromatic carbocycles. The summed E-state index contributed by atoms with van der Waals surface area (Å²) in [7, 11) is 1.07. The zero-order valence-corrected chi connectivity index (χ0v) is 11.6. The molecule has 0 spiro atoms. The number of nitrogens with one attached hydrogen (secondary N) is 1. The van der Waals surface area contributed by atoms with Crippen molar-refractivity contribution in [3.63, 3.8) is 0 Å². The maximum atomic E-state index is 12.2. The molecule has 0 bridgehead atoms. The fourth-order valence-electron chi connectivity index (χ4n) is 1.73. The monoisotopic (exact) mass is 314 g/mol. The van der Waals surface area contributed by atoms with Gasteiger partial charge in [-0.25, -0.2) is 4.98 Å². The summed E-state index contributed by atoms with van der Waals surface area (Å²) < 4.78 is 42.0. The molecule has 9 heteroatoms. The number of benzene rings is 1. The highest BCUT2D eigenvalue weighted by molar-refractivity contribution is 5.78. The molecule has 6 nitrogen and oxygen atoms in total. The van der Waals surface area contributed by atoms with E-state index in [2.05, 4.69) is 15.2 Å². The Labute approximate surface area is 123 Å². The number of hydrogen-bond donors (Lipinski definition) is 1. The van der Waals surface area contributed by atoms with Gasteiger partial charge in [-0.05, 0) is 12.1 Å². The number of H-pyrrole nitrogens is 1. The van der Waals surface area contributed by atoms with Crippen molar-refractivity contribution in [2.24, 2.45) is 0 Å². The van der Waals surface area contributed by atoms with E-state index in [-0.39, 0.29) is 0 Å². The molecule has 2 rings (SSSR count). The predicted octanol–water partition coefficient (Wildman–Crippen LogP) is 1.87. The first kappa shape index (κ1) is 15.8. The maximum Gasteiger partial charge on any atom is 0.406 e. The summed E-state index contributed by atoms with van der Waals surface area (Å²) in [4.78, 5) is 16.2. The summed E-state index contributed by atoms with van der Waals surface area (Å²) in [5.74, 6) is -0.00981. The van der Waals surface area contributed by atoms with Gasteiger partial charge >= 0.3 is 6.18 Å². The summed E-state index contributed by atoms with van der Waals surface area (Å²) in [6, 6.07) is 6.70. The van der Waals surface area contributed by atoms with Crippen LogP contribution in [0, 0.1) is 0 Å². The summed E-state index contributed by atoms with van der Waals surface area (Å²) in [6.07, 6.45) is -3.13. The number of hydrogen-bond acceptors (Lipinski definition) is 4. The van der Waals surface area contributed by atoms with E-state index in [0.717, 1.165) is 7.05 Å². The number of carbonyl (C=O) groups excluding carboxylic acids is 1. The normalized spacial score (nSPS) is 11.3. The van der Waals surface area contributed by atoms with Crippen LogP contribution in [0.15, 0.2) is 30.6 Å². The van der Waals surface area contributed by atoms with Crippen LogP contribution in [0.3, 0.4) is 0 Å². The molecule has 0 radical (unpaired) electrons. The Morgan fingerprint density at radius 3 is 2.73 bits per heavy atom. The Kier molecular flexibility index (Phi) is 4.64. The number of carbonyl (C=O) groups is 1. The Bertz CT molecular complexity index is 628. The van der Waals surface area contributed by atoms with Crippen molar-refractivity contribution in [3.05, 3.63) is 30.6 Å². The SMILES string of the molecule is CN(CC(F)(F)F)C(=O)COc1ccccc1-c1ncn[nH]1. The summed E-state index contributed by atoms with van der Waals surface area (Å²) in [5, 5.41) is 6.36. The number of rotatable bonds is 5. The van der Waals surface area contributed by atoms with E-state index in [0.29, 0.717) is 22.0 Å². The molecule has 0 aliphatic heterocycles. The van der Waals surface area contributed by atoms with Gasteiger partial charge in [0.25, 0.3) is 5.91 Å². The van der Waals surface area contributed by atoms with Gasteiger partial charge in [0.1, 0.15) is 18.6 Å². The molecule has 2 aromatic rings. The van der Waals surface area contributed by atoms with Crippen molar-refractivity contribution in [1.82, 2.24) is 20.1 Å². The van der Waals surface area contributed by atoms with Crippen LogP contribution in [-0.2, 0) is 4.79 Å². The molecule has 0 atom stereocenters. The van der Waals surface area contributed by atoms with Crippen LogP contribution < -0.4 is 4.74 Å². The first-order chi connectivity index (χ1) is 10.4. The quantitative estimate of drug-likeness (QED) is 0.914. The fourth-order valence-corrected chi connectivity index (χ4v) is 1.73. The number of aromatic amines is 1. The Balaban J connectivity index is 2.02. The molecule has 1 amide bonds. The highest BCUT2D eigenvalue weighted by Gasteiger charge is 2.31. The third kappa shape index (κ3) is 4.21. The molecule has 0 aliphatic carbocycles. The zero-order chi connectivity index (χ0) is 16.2. The van der Waals surface area contributed by atoms with Crippen LogP contribution in [0.2, 0.25) is 0 Å². The van der Waals surface area contributed by atoms with E-state index in [1.165, 1.54) is 6.33 Å². The van der Waals surface area contributed by atoms with Gasteiger partial charge in [0, 0.05) is 7.05 Å². The van der Waals surface area contributed by atoms with Gasteiger partial charge in [-0.15, -0.1) is 0 Å². The molecule has 22 heavy (non-hydrogen) atoms. The maximum absolute atomic E-state index is 12.2. The van der Waals surface area contributed by atoms with Crippen LogP contribution in [0.4, 0.5) is 13.2 Å². The van der Waals surface area contributed by atoms with Crippen LogP contribution in [0.5, 0.6) is 5.75 Å². The van der Waals surface area contributed by atoms with Gasteiger partial charge in [-0.3, -0.25) is 9.89 Å². The fraction of sp³-hybridized carbons (Fsp3) is 0.308. The van der Waals surface area contributed by atoms with Gasteiger partial charge in [0.05, 0.1) is 5.56 Å². The molecule has 1 heterocycles. The molecule has 0 unspecified atom stereocenters. The molecule has 0 saturated carbocycles. The number of amides is 1. The van der Waals surface area contributed by atoms with E-state index in [9.17, 15) is 18.0 Å². The second kappa shape index (κ2) is 6.46. The smallest absolute Gasteiger partial charge is 0.406 e. The van der Waals surface area contributed by atoms with E-state index in [4.69, 9.17) is 4.74 Å². The number of alkyl halides is 3. The molecule has 0 saturated heterocycles. The lowest BCUT2D eigenvalue weighted by atomic mass is 10.2. The number of para-hydroxylation sites is 1. The highest BCUT2D eigenvalue weighted by atomic mass is 19.4. The third-order valence-electron chi connectivity index (χ3n) is 2.75. The van der Waals surface area contributed by atoms with Gasteiger partial charge in [-0.1, -0.05) is 12.1 Å². The van der Waals surface area contributed by atoms with E-state index >= 15 is 0 Å². The summed E-state index contributed by atoms with van der Waals surface area (Å²) >= 11 is 0. The van der Waals surface area contributed by atoms with Gasteiger partial charge < -0.3 is 9.64 Å². The van der Waals surface area contributed by atoms with Crippen molar-refractivity contribution in [1.29, 1.82) is 0 Å². The van der Waals surface area contributed by atoms with E-state index in [1.54, 1.807) is 24.3 Å². The molecule has 0 fully saturated rings. The lowest BCUT2D eigenvalue weighted by Gasteiger charge is -2.19. The number of likely N-dealkylation sites (N-methyl/N-ethyl adjacent to an activating group) is 1. The van der Waals surface area contributed by atoms with Crippen LogP contribution in [0.25, 0.3) is 11.4 Å². The lowest BCUT2D eigenvalue weighted by Crippen LogP contribution is -2.38. The number of halogens is 3. The van der Waals surface area contributed by atoms with Crippen molar-refractivity contribution < 1.29 is 22.7 Å². The standard InChI is InChI=1S/C13H13F3N4O2/c1-20(7-13(14,15)16)11(21)6-22-10-5-3-2-4-9(10)12-17-8-18-19-12/h2-5,8H,6-7H2,1H3,(H,17,18,19). The second-order valence-electron chi connectivity index (χ2n) is 4.48. The number of ether oxygens (including phenoxy) is 1. The molecule has 118 valence electrons. The lowest BCUT2D eigenvalue weighted by molar-refractivity contribution is -0.159. The van der Waals surface area contributed by atoms with Crippen LogP contribution >= 0.6 is 0 Å². The first-order valence-corrected chi connectivity index (χ1v) is 6.25. The Morgan fingerprint density at radius 1 is 1.36 bits per heavy atom. The van der Waals surface area contributed by atoms with Gasteiger partial charge in [0.15, 0.2) is 12.4 Å². The third-order valence-corrected chi connectivity index (χ3v) is 2.75. The highest BCUT2D eigenvalue weighted by Crippen LogP contribution is 2.26. The number of nitrogens with zero attached hydrogens (tertiary/aromatic N) is 3. The largest absolute Gasteiger partial charge is 0.483 e. The minimum absolute atomic E-state index is 0.327. The van der Waals surface area contributed by atoms with Crippen LogP contribution in [0.1, 0.15) is 0 Å². The summed E-state index contributed by atoms with van der Waals surface area (Å²) in [6.45, 7) is -1.82.